The lowest BCUT2D eigenvalue weighted by Gasteiger charge is -2.25. The van der Waals surface area contributed by atoms with Crippen molar-refractivity contribution >= 4 is 5.91 Å². The number of hydrogen-bond acceptors (Lipinski definition) is 8. The normalized spacial score (nSPS) is 24.7. The molecule has 0 bridgehead atoms. The van der Waals surface area contributed by atoms with Gasteiger partial charge in [-0.3, -0.25) is 9.69 Å². The number of carbonyl (C=O) groups is 1. The van der Waals surface area contributed by atoms with Crippen molar-refractivity contribution in [2.24, 2.45) is 0 Å². The summed E-state index contributed by atoms with van der Waals surface area (Å²) >= 11 is 0. The first-order valence-electron chi connectivity index (χ1n) is 10.1. The van der Waals surface area contributed by atoms with Gasteiger partial charge in [0.2, 0.25) is 0 Å². The fourth-order valence-corrected chi connectivity index (χ4v) is 3.68. The molecule has 4 rings (SSSR count). The number of morpholine rings is 1. The zero-order chi connectivity index (χ0) is 20.9. The molecule has 3 heterocycles. The zero-order valence-electron chi connectivity index (χ0n) is 16.9. The fourth-order valence-electron chi connectivity index (χ4n) is 3.68. The van der Waals surface area contributed by atoms with Crippen molar-refractivity contribution in [1.29, 1.82) is 0 Å². The average molecular weight is 417 g/mol. The minimum absolute atomic E-state index is 0.160. The van der Waals surface area contributed by atoms with Gasteiger partial charge in [0.1, 0.15) is 18.0 Å². The van der Waals surface area contributed by atoms with Crippen molar-refractivity contribution in [3.63, 3.8) is 0 Å². The molecule has 0 aliphatic carbocycles. The summed E-state index contributed by atoms with van der Waals surface area (Å²) in [6.45, 7) is 4.49. The Hall–Kier alpha value is -2.53. The third-order valence-electron chi connectivity index (χ3n) is 5.39. The van der Waals surface area contributed by atoms with Gasteiger partial charge in [0, 0.05) is 31.4 Å². The minimum atomic E-state index is -0.784. The van der Waals surface area contributed by atoms with E-state index in [0.29, 0.717) is 17.9 Å². The molecule has 2 aromatic rings. The quantitative estimate of drug-likeness (QED) is 0.631. The molecular formula is C20H27N5O5. The number of nitrogens with one attached hydrogen (secondary N) is 1. The molecule has 2 fully saturated rings. The number of benzene rings is 1. The Kier molecular flexibility index (Phi) is 6.58. The second-order valence-electron chi connectivity index (χ2n) is 7.49. The Bertz CT molecular complexity index is 836. The Balaban J connectivity index is 1.35. The SMILES string of the molecule is COc1ccc(C(=O)N[C@@H]2[C@@H](O)CO[C@@H]2Cn2cc(CN3CCOCC3)nn2)cc1. The molecule has 0 unspecified atom stereocenters. The number of carbonyl (C=O) groups excluding carboxylic acids is 1. The van der Waals surface area contributed by atoms with Crippen LogP contribution in [-0.4, -0.2) is 89.2 Å². The molecule has 0 spiro atoms. The number of hydrogen-bond donors (Lipinski definition) is 2. The number of aliphatic hydroxyl groups excluding tert-OH is 1. The third kappa shape index (κ3) is 4.96. The molecule has 1 amide bonds. The van der Waals surface area contributed by atoms with Crippen LogP contribution >= 0.6 is 0 Å². The number of nitrogens with zero attached hydrogens (tertiary/aromatic N) is 4. The van der Waals surface area contributed by atoms with E-state index in [0.717, 1.165) is 38.5 Å². The molecule has 10 nitrogen and oxygen atoms in total. The van der Waals surface area contributed by atoms with E-state index in [1.54, 1.807) is 36.1 Å². The molecule has 10 heteroatoms. The van der Waals surface area contributed by atoms with Crippen molar-refractivity contribution in [2.45, 2.75) is 31.3 Å². The van der Waals surface area contributed by atoms with Crippen LogP contribution < -0.4 is 10.1 Å². The predicted molar refractivity (Wildman–Crippen MR) is 106 cm³/mol. The topological polar surface area (TPSA) is 111 Å². The van der Waals surface area contributed by atoms with Crippen molar-refractivity contribution in [3.05, 3.63) is 41.7 Å². The van der Waals surface area contributed by atoms with Crippen LogP contribution in [0.2, 0.25) is 0 Å². The number of ether oxygens (including phenoxy) is 3. The van der Waals surface area contributed by atoms with Crippen LogP contribution in [0.1, 0.15) is 16.1 Å². The second-order valence-corrected chi connectivity index (χ2v) is 7.49. The van der Waals surface area contributed by atoms with Crippen LogP contribution in [0.25, 0.3) is 0 Å². The van der Waals surface area contributed by atoms with Crippen molar-refractivity contribution in [1.82, 2.24) is 25.2 Å². The molecule has 0 radical (unpaired) electrons. The van der Waals surface area contributed by atoms with Crippen LogP contribution in [-0.2, 0) is 22.6 Å². The number of aromatic nitrogens is 3. The summed E-state index contributed by atoms with van der Waals surface area (Å²) in [6, 6.07) is 6.27. The van der Waals surface area contributed by atoms with E-state index in [9.17, 15) is 9.90 Å². The van der Waals surface area contributed by atoms with Gasteiger partial charge in [-0.25, -0.2) is 4.68 Å². The van der Waals surface area contributed by atoms with Crippen LogP contribution in [0.4, 0.5) is 0 Å². The van der Waals surface area contributed by atoms with Gasteiger partial charge in [0.25, 0.3) is 5.91 Å². The summed E-state index contributed by atoms with van der Waals surface area (Å²) < 4.78 is 17.9. The summed E-state index contributed by atoms with van der Waals surface area (Å²) in [4.78, 5) is 14.9. The van der Waals surface area contributed by atoms with Crippen molar-refractivity contribution in [3.8, 4) is 5.75 Å². The third-order valence-corrected chi connectivity index (χ3v) is 5.39. The Labute approximate surface area is 174 Å². The molecule has 1 aromatic heterocycles. The molecular weight excluding hydrogens is 390 g/mol. The standard InChI is InChI=1S/C20H27N5O5/c1-28-16-4-2-14(3-5-16)20(27)21-19-17(26)13-30-18(19)12-25-11-15(22-23-25)10-24-6-8-29-9-7-24/h2-5,11,17-19,26H,6-10,12-13H2,1H3,(H,21,27)/t17-,18+,19+/m0/s1. The maximum atomic E-state index is 12.6. The molecule has 2 aliphatic rings. The molecule has 30 heavy (non-hydrogen) atoms. The molecule has 3 atom stereocenters. The highest BCUT2D eigenvalue weighted by molar-refractivity contribution is 5.94. The number of aliphatic hydroxyl groups is 1. The Morgan fingerprint density at radius 2 is 2.07 bits per heavy atom. The molecule has 2 aliphatic heterocycles. The molecule has 2 saturated heterocycles. The van der Waals surface area contributed by atoms with E-state index in [2.05, 4.69) is 20.5 Å². The second kappa shape index (κ2) is 9.52. The van der Waals surface area contributed by atoms with Crippen molar-refractivity contribution < 1.29 is 24.1 Å². The lowest BCUT2D eigenvalue weighted by Crippen LogP contribution is -2.48. The fraction of sp³-hybridized carbons (Fsp3) is 0.550. The van der Waals surface area contributed by atoms with Gasteiger partial charge in [-0.1, -0.05) is 5.21 Å². The van der Waals surface area contributed by atoms with E-state index in [-0.39, 0.29) is 12.5 Å². The Morgan fingerprint density at radius 1 is 1.30 bits per heavy atom. The maximum Gasteiger partial charge on any atom is 0.251 e. The summed E-state index contributed by atoms with van der Waals surface area (Å²) in [5.74, 6) is 0.400. The minimum Gasteiger partial charge on any atom is -0.497 e. The van der Waals surface area contributed by atoms with Gasteiger partial charge in [-0.05, 0) is 24.3 Å². The molecule has 1 aromatic carbocycles. The summed E-state index contributed by atoms with van der Waals surface area (Å²) in [6.07, 6.45) is 0.694. The van der Waals surface area contributed by atoms with E-state index < -0.39 is 18.2 Å². The highest BCUT2D eigenvalue weighted by atomic mass is 16.5. The van der Waals surface area contributed by atoms with Crippen molar-refractivity contribution in [2.75, 3.05) is 40.0 Å². The van der Waals surface area contributed by atoms with Gasteiger partial charge in [0.15, 0.2) is 0 Å². The summed E-state index contributed by atoms with van der Waals surface area (Å²) in [5.41, 5.74) is 1.36. The predicted octanol–water partition coefficient (Wildman–Crippen LogP) is -0.323. The van der Waals surface area contributed by atoms with E-state index in [1.165, 1.54) is 0 Å². The number of methoxy groups -OCH3 is 1. The van der Waals surface area contributed by atoms with E-state index >= 15 is 0 Å². The van der Waals surface area contributed by atoms with Gasteiger partial charge < -0.3 is 24.6 Å². The van der Waals surface area contributed by atoms with E-state index in [1.807, 2.05) is 6.20 Å². The highest BCUT2D eigenvalue weighted by Crippen LogP contribution is 2.18. The van der Waals surface area contributed by atoms with Crippen LogP contribution in [0.5, 0.6) is 5.75 Å². The number of amides is 1. The first-order chi connectivity index (χ1) is 14.6. The highest BCUT2D eigenvalue weighted by Gasteiger charge is 2.38. The van der Waals surface area contributed by atoms with Crippen LogP contribution in [0, 0.1) is 0 Å². The molecule has 2 N–H and O–H groups in total. The number of rotatable bonds is 7. The summed E-state index contributed by atoms with van der Waals surface area (Å²) in [7, 11) is 1.57. The monoisotopic (exact) mass is 417 g/mol. The first-order valence-corrected chi connectivity index (χ1v) is 10.1. The van der Waals surface area contributed by atoms with Gasteiger partial charge in [-0.2, -0.15) is 0 Å². The van der Waals surface area contributed by atoms with Crippen LogP contribution in [0.3, 0.4) is 0 Å². The lowest BCUT2D eigenvalue weighted by molar-refractivity contribution is 0.0336. The Morgan fingerprint density at radius 3 is 2.80 bits per heavy atom. The average Bonchev–Trinajstić information content (AvgIpc) is 3.36. The molecule has 162 valence electrons. The van der Waals surface area contributed by atoms with Gasteiger partial charge in [-0.15, -0.1) is 5.10 Å². The van der Waals surface area contributed by atoms with E-state index in [4.69, 9.17) is 14.2 Å². The maximum absolute atomic E-state index is 12.6. The molecule has 0 saturated carbocycles. The van der Waals surface area contributed by atoms with Crippen LogP contribution in [0.15, 0.2) is 30.5 Å². The largest absolute Gasteiger partial charge is 0.497 e. The van der Waals surface area contributed by atoms with Gasteiger partial charge >= 0.3 is 0 Å². The smallest absolute Gasteiger partial charge is 0.251 e. The zero-order valence-corrected chi connectivity index (χ0v) is 16.9. The lowest BCUT2D eigenvalue weighted by atomic mass is 10.1. The van der Waals surface area contributed by atoms with Gasteiger partial charge in [0.05, 0.1) is 45.2 Å². The first kappa shape index (κ1) is 20.7. The summed E-state index contributed by atoms with van der Waals surface area (Å²) in [5, 5.41) is 21.6.